The van der Waals surface area contributed by atoms with Gasteiger partial charge in [-0.25, -0.2) is 0 Å². The zero-order valence-corrected chi connectivity index (χ0v) is 4.58. The summed E-state index contributed by atoms with van der Waals surface area (Å²) in [5.74, 6) is -1.61. The van der Waals surface area contributed by atoms with Crippen LogP contribution in [-0.4, -0.2) is 20.9 Å². The molecule has 0 aliphatic rings. The molecule has 0 fully saturated rings. The molecule has 0 unspecified atom stereocenters. The molecule has 0 aromatic carbocycles. The first kappa shape index (κ1) is 7.62. The van der Waals surface area contributed by atoms with Crippen molar-refractivity contribution in [3.63, 3.8) is 0 Å². The van der Waals surface area contributed by atoms with Crippen molar-refractivity contribution in [3.05, 3.63) is 6.16 Å². The van der Waals surface area contributed by atoms with Crippen LogP contribution in [0.4, 0.5) is 0 Å². The van der Waals surface area contributed by atoms with E-state index in [0.717, 1.165) is 0 Å². The zero-order chi connectivity index (χ0) is 6.78. The number of rotatable bonds is 2. The summed E-state index contributed by atoms with van der Waals surface area (Å²) >= 11 is 0. The Morgan fingerprint density at radius 2 is 1.88 bits per heavy atom. The van der Waals surface area contributed by atoms with Crippen LogP contribution in [0, 0.1) is 6.16 Å². The highest BCUT2D eigenvalue weighted by molar-refractivity contribution is 7.55. The van der Waals surface area contributed by atoms with E-state index in [-0.39, 0.29) is 6.16 Å². The number of aliphatic carboxylic acids is 1. The normalized spacial score (nSPS) is 11.2. The van der Waals surface area contributed by atoms with Gasteiger partial charge < -0.3 is 14.9 Å². The van der Waals surface area contributed by atoms with Crippen LogP contribution >= 0.6 is 7.60 Å². The average Bonchev–Trinajstić information content (AvgIpc) is 1.21. The summed E-state index contributed by atoms with van der Waals surface area (Å²) in [6.07, 6.45) is -0.0625. The lowest BCUT2D eigenvalue weighted by Gasteiger charge is -1.94. The minimum atomic E-state index is -4.45. The summed E-state index contributed by atoms with van der Waals surface area (Å²) in [7, 11) is -4.45. The Bertz CT molecular complexity index is 133. The van der Waals surface area contributed by atoms with Gasteiger partial charge in [0, 0.05) is 0 Å². The first-order valence-corrected chi connectivity index (χ1v) is 3.24. The van der Waals surface area contributed by atoms with Gasteiger partial charge >= 0.3 is 13.6 Å². The van der Waals surface area contributed by atoms with E-state index in [1.165, 1.54) is 0 Å². The molecule has 0 aromatic heterocycles. The predicted molar refractivity (Wildman–Crippen MR) is 24.0 cm³/mol. The van der Waals surface area contributed by atoms with E-state index in [4.69, 9.17) is 14.9 Å². The second-order valence-electron chi connectivity index (χ2n) is 1.06. The Kier molecular flexibility index (Phi) is 2.15. The van der Waals surface area contributed by atoms with Crippen molar-refractivity contribution in [2.75, 3.05) is 0 Å². The lowest BCUT2D eigenvalue weighted by molar-refractivity contribution is -0.132. The second kappa shape index (κ2) is 2.26. The van der Waals surface area contributed by atoms with Crippen molar-refractivity contribution in [2.45, 2.75) is 0 Å². The molecule has 5 nitrogen and oxygen atoms in total. The molecule has 0 rings (SSSR count). The van der Waals surface area contributed by atoms with Crippen molar-refractivity contribution in [1.29, 1.82) is 0 Å². The lowest BCUT2D eigenvalue weighted by Crippen LogP contribution is -1.94. The van der Waals surface area contributed by atoms with Gasteiger partial charge in [-0.05, 0) is 0 Å². The molecule has 0 saturated heterocycles. The smallest absolute Gasteiger partial charge is 0.341 e. The Labute approximate surface area is 45.1 Å². The summed E-state index contributed by atoms with van der Waals surface area (Å²) in [5.41, 5.74) is 0. The van der Waals surface area contributed by atoms with Gasteiger partial charge in [-0.2, -0.15) is 0 Å². The number of carboxylic acid groups (broad SMARTS) is 1. The fraction of sp³-hybridized carbons (Fsp3) is 0. The zero-order valence-electron chi connectivity index (χ0n) is 3.68. The van der Waals surface area contributed by atoms with E-state index >= 15 is 0 Å². The topological polar surface area (TPSA) is 94.8 Å². The summed E-state index contributed by atoms with van der Waals surface area (Å²) in [4.78, 5) is 25.2. The highest BCUT2D eigenvalue weighted by Gasteiger charge is 2.18. The Morgan fingerprint density at radius 3 is 1.88 bits per heavy atom. The molecule has 1 radical (unpaired) electrons. The van der Waals surface area contributed by atoms with E-state index < -0.39 is 13.6 Å². The van der Waals surface area contributed by atoms with Crippen LogP contribution < -0.4 is 0 Å². The van der Waals surface area contributed by atoms with Gasteiger partial charge in [0.2, 0.25) is 0 Å². The first-order chi connectivity index (χ1) is 3.42. The fourth-order valence-electron chi connectivity index (χ4n) is 0.144. The standard InChI is InChI=1S/C2H4O5P/c3-2(4)1-8(5,6)7/h1H,(H,3,4)(H2,5,6,7). The molecule has 0 atom stereocenters. The maximum atomic E-state index is 9.70. The molecule has 0 aliphatic carbocycles. The minimum absolute atomic E-state index is 0.0625. The van der Waals surface area contributed by atoms with Crippen LogP contribution in [-0.2, 0) is 9.36 Å². The maximum Gasteiger partial charge on any atom is 0.341 e. The first-order valence-electron chi connectivity index (χ1n) is 1.56. The summed E-state index contributed by atoms with van der Waals surface area (Å²) in [6.45, 7) is 0. The Hall–Kier alpha value is -0.380. The van der Waals surface area contributed by atoms with Gasteiger partial charge in [-0.15, -0.1) is 0 Å². The number of carbonyl (C=O) groups is 1. The van der Waals surface area contributed by atoms with E-state index in [1.54, 1.807) is 0 Å². The molecule has 3 N–H and O–H groups in total. The van der Waals surface area contributed by atoms with Crippen molar-refractivity contribution < 1.29 is 24.3 Å². The summed E-state index contributed by atoms with van der Waals surface area (Å²) in [6, 6.07) is 0. The van der Waals surface area contributed by atoms with Crippen molar-refractivity contribution in [1.82, 2.24) is 0 Å². The van der Waals surface area contributed by atoms with Gasteiger partial charge in [0.1, 0.15) is 0 Å². The van der Waals surface area contributed by atoms with E-state index in [9.17, 15) is 9.36 Å². The molecule has 0 aromatic rings. The molecular formula is C2H4O5P. The fourth-order valence-corrected chi connectivity index (χ4v) is 0.432. The third-order valence-electron chi connectivity index (χ3n) is 0.279. The maximum absolute atomic E-state index is 9.70. The molecule has 8 heavy (non-hydrogen) atoms. The number of hydrogen-bond donors (Lipinski definition) is 3. The largest absolute Gasteiger partial charge is 0.481 e. The summed E-state index contributed by atoms with van der Waals surface area (Å²) in [5, 5.41) is 7.70. The monoisotopic (exact) mass is 139 g/mol. The van der Waals surface area contributed by atoms with Gasteiger partial charge in [0.15, 0.2) is 6.16 Å². The SMILES string of the molecule is O=C(O)[CH]P(=O)(O)O. The molecule has 0 aliphatic heterocycles. The third-order valence-corrected chi connectivity index (χ3v) is 0.836. The molecule has 0 spiro atoms. The van der Waals surface area contributed by atoms with Gasteiger partial charge in [0.05, 0.1) is 0 Å². The van der Waals surface area contributed by atoms with Gasteiger partial charge in [0.25, 0.3) is 0 Å². The van der Waals surface area contributed by atoms with Gasteiger partial charge in [-0.1, -0.05) is 0 Å². The molecule has 47 valence electrons. The Morgan fingerprint density at radius 1 is 1.50 bits per heavy atom. The van der Waals surface area contributed by atoms with Crippen LogP contribution in [0.3, 0.4) is 0 Å². The Balaban J connectivity index is 3.74. The van der Waals surface area contributed by atoms with E-state index in [0.29, 0.717) is 0 Å². The van der Waals surface area contributed by atoms with Crippen LogP contribution in [0.5, 0.6) is 0 Å². The number of carboxylic acids is 1. The quantitative estimate of drug-likeness (QED) is 0.444. The predicted octanol–water partition coefficient (Wildman–Crippen LogP) is -0.590. The average molecular weight is 139 g/mol. The molecule has 6 heteroatoms. The van der Waals surface area contributed by atoms with Crippen LogP contribution in [0.15, 0.2) is 0 Å². The van der Waals surface area contributed by atoms with Crippen molar-refractivity contribution in [3.8, 4) is 0 Å². The van der Waals surface area contributed by atoms with E-state index in [2.05, 4.69) is 0 Å². The van der Waals surface area contributed by atoms with Crippen LogP contribution in [0.25, 0.3) is 0 Å². The highest BCUT2D eigenvalue weighted by Crippen LogP contribution is 2.37. The third kappa shape index (κ3) is 5.62. The summed E-state index contributed by atoms with van der Waals surface area (Å²) < 4.78 is 9.70. The van der Waals surface area contributed by atoms with Crippen molar-refractivity contribution >= 4 is 13.6 Å². The van der Waals surface area contributed by atoms with Crippen LogP contribution in [0.1, 0.15) is 0 Å². The molecule has 0 heterocycles. The molecule has 0 bridgehead atoms. The molecule has 0 saturated carbocycles. The highest BCUT2D eigenvalue weighted by atomic mass is 31.2. The minimum Gasteiger partial charge on any atom is -0.481 e. The van der Waals surface area contributed by atoms with Crippen LogP contribution in [0.2, 0.25) is 0 Å². The number of hydrogen-bond acceptors (Lipinski definition) is 2. The van der Waals surface area contributed by atoms with Gasteiger partial charge in [-0.3, -0.25) is 9.36 Å². The lowest BCUT2D eigenvalue weighted by atomic mass is 10.8. The van der Waals surface area contributed by atoms with E-state index in [1.807, 2.05) is 0 Å². The second-order valence-corrected chi connectivity index (χ2v) is 2.49. The molecule has 0 amide bonds. The molecular weight excluding hydrogens is 135 g/mol. The van der Waals surface area contributed by atoms with Crippen molar-refractivity contribution in [2.24, 2.45) is 0 Å².